The van der Waals surface area contributed by atoms with E-state index >= 15 is 0 Å². The standard InChI is InChI=1S/C11H18FN3O/c1-9-10(12)11(14-8-13-9)15(2)6-4-3-5-7-16/h8,16H,3-7H2,1-2H3. The SMILES string of the molecule is Cc1ncnc(N(C)CCCCCO)c1F. The molecule has 0 aromatic carbocycles. The second kappa shape index (κ2) is 6.37. The molecule has 1 rings (SSSR count). The highest BCUT2D eigenvalue weighted by Gasteiger charge is 2.11. The lowest BCUT2D eigenvalue weighted by Crippen LogP contribution is -2.21. The van der Waals surface area contributed by atoms with Gasteiger partial charge in [0.1, 0.15) is 6.33 Å². The molecule has 1 aromatic heterocycles. The van der Waals surface area contributed by atoms with E-state index in [0.29, 0.717) is 11.5 Å². The van der Waals surface area contributed by atoms with Gasteiger partial charge in [0.15, 0.2) is 11.6 Å². The highest BCUT2D eigenvalue weighted by Crippen LogP contribution is 2.16. The van der Waals surface area contributed by atoms with Gasteiger partial charge in [-0.1, -0.05) is 0 Å². The Kier molecular flexibility index (Phi) is 5.11. The van der Waals surface area contributed by atoms with E-state index in [0.717, 1.165) is 25.8 Å². The van der Waals surface area contributed by atoms with Crippen LogP contribution in [0.3, 0.4) is 0 Å². The van der Waals surface area contributed by atoms with E-state index in [9.17, 15) is 4.39 Å². The molecule has 0 aliphatic carbocycles. The first-order valence-electron chi connectivity index (χ1n) is 5.46. The van der Waals surface area contributed by atoms with Crippen molar-refractivity contribution < 1.29 is 9.50 Å². The van der Waals surface area contributed by atoms with Gasteiger partial charge in [0.05, 0.1) is 5.69 Å². The second-order valence-electron chi connectivity index (χ2n) is 3.80. The van der Waals surface area contributed by atoms with Crippen molar-refractivity contribution in [2.24, 2.45) is 0 Å². The summed E-state index contributed by atoms with van der Waals surface area (Å²) in [7, 11) is 1.81. The lowest BCUT2D eigenvalue weighted by molar-refractivity contribution is 0.283. The molecule has 0 unspecified atom stereocenters. The van der Waals surface area contributed by atoms with Gasteiger partial charge >= 0.3 is 0 Å². The van der Waals surface area contributed by atoms with Crippen molar-refractivity contribution >= 4 is 5.82 Å². The van der Waals surface area contributed by atoms with Gasteiger partial charge in [0.25, 0.3) is 0 Å². The molecule has 0 fully saturated rings. The minimum Gasteiger partial charge on any atom is -0.396 e. The summed E-state index contributed by atoms with van der Waals surface area (Å²) in [6.45, 7) is 2.57. The maximum Gasteiger partial charge on any atom is 0.186 e. The molecule has 0 atom stereocenters. The number of aromatic nitrogens is 2. The third-order valence-corrected chi connectivity index (χ3v) is 2.46. The Bertz CT molecular complexity index is 333. The van der Waals surface area contributed by atoms with Crippen molar-refractivity contribution in [1.29, 1.82) is 0 Å². The number of rotatable bonds is 6. The molecule has 0 saturated heterocycles. The Labute approximate surface area is 95.1 Å². The first-order chi connectivity index (χ1) is 7.66. The fourth-order valence-electron chi connectivity index (χ4n) is 1.45. The zero-order chi connectivity index (χ0) is 12.0. The van der Waals surface area contributed by atoms with Gasteiger partial charge in [-0.15, -0.1) is 0 Å². The summed E-state index contributed by atoms with van der Waals surface area (Å²) in [6, 6.07) is 0. The summed E-state index contributed by atoms with van der Waals surface area (Å²) in [5, 5.41) is 8.63. The fourth-order valence-corrected chi connectivity index (χ4v) is 1.45. The molecule has 1 N–H and O–H groups in total. The van der Waals surface area contributed by atoms with E-state index in [4.69, 9.17) is 5.11 Å². The maximum absolute atomic E-state index is 13.6. The van der Waals surface area contributed by atoms with Gasteiger partial charge in [-0.2, -0.15) is 0 Å². The number of nitrogens with zero attached hydrogens (tertiary/aromatic N) is 3. The van der Waals surface area contributed by atoms with Gasteiger partial charge in [-0.3, -0.25) is 0 Å². The van der Waals surface area contributed by atoms with E-state index in [-0.39, 0.29) is 12.4 Å². The fraction of sp³-hybridized carbons (Fsp3) is 0.636. The van der Waals surface area contributed by atoms with Gasteiger partial charge in [-0.05, 0) is 26.2 Å². The molecular formula is C11H18FN3O. The molecule has 0 saturated carbocycles. The summed E-state index contributed by atoms with van der Waals surface area (Å²) in [5.74, 6) is -0.0105. The quantitative estimate of drug-likeness (QED) is 0.749. The average Bonchev–Trinajstić information content (AvgIpc) is 2.28. The van der Waals surface area contributed by atoms with Crippen LogP contribution in [0.4, 0.5) is 10.2 Å². The van der Waals surface area contributed by atoms with Crippen LogP contribution in [0.5, 0.6) is 0 Å². The number of aliphatic hydroxyl groups excluding tert-OH is 1. The summed E-state index contributed by atoms with van der Waals surface area (Å²) >= 11 is 0. The first-order valence-corrected chi connectivity index (χ1v) is 5.46. The van der Waals surface area contributed by atoms with Crippen LogP contribution in [-0.2, 0) is 0 Å². The number of hydrogen-bond acceptors (Lipinski definition) is 4. The normalized spacial score (nSPS) is 10.5. The predicted molar refractivity (Wildman–Crippen MR) is 60.9 cm³/mol. The molecule has 4 nitrogen and oxygen atoms in total. The molecule has 0 aliphatic heterocycles. The van der Waals surface area contributed by atoms with Crippen LogP contribution in [0.25, 0.3) is 0 Å². The largest absolute Gasteiger partial charge is 0.396 e. The topological polar surface area (TPSA) is 49.2 Å². The maximum atomic E-state index is 13.6. The van der Waals surface area contributed by atoms with Crippen molar-refractivity contribution in [1.82, 2.24) is 9.97 Å². The second-order valence-corrected chi connectivity index (χ2v) is 3.80. The lowest BCUT2D eigenvalue weighted by Gasteiger charge is -2.18. The van der Waals surface area contributed by atoms with E-state index < -0.39 is 0 Å². The van der Waals surface area contributed by atoms with Crippen LogP contribution in [0.2, 0.25) is 0 Å². The third kappa shape index (κ3) is 3.41. The number of aryl methyl sites for hydroxylation is 1. The van der Waals surface area contributed by atoms with Crippen molar-refractivity contribution in [2.75, 3.05) is 25.1 Å². The third-order valence-electron chi connectivity index (χ3n) is 2.46. The highest BCUT2D eigenvalue weighted by atomic mass is 19.1. The Morgan fingerprint density at radius 1 is 1.31 bits per heavy atom. The van der Waals surface area contributed by atoms with Crippen LogP contribution in [0, 0.1) is 12.7 Å². The molecule has 16 heavy (non-hydrogen) atoms. The number of halogens is 1. The molecule has 1 aromatic rings. The highest BCUT2D eigenvalue weighted by molar-refractivity contribution is 5.39. The van der Waals surface area contributed by atoms with Crippen LogP contribution in [0.1, 0.15) is 25.0 Å². The number of unbranched alkanes of at least 4 members (excludes halogenated alkanes) is 2. The van der Waals surface area contributed by atoms with Crippen LogP contribution in [0.15, 0.2) is 6.33 Å². The van der Waals surface area contributed by atoms with Gasteiger partial charge in [-0.25, -0.2) is 14.4 Å². The van der Waals surface area contributed by atoms with Crippen molar-refractivity contribution in [3.63, 3.8) is 0 Å². The van der Waals surface area contributed by atoms with E-state index in [1.165, 1.54) is 6.33 Å². The van der Waals surface area contributed by atoms with Crippen LogP contribution in [-0.4, -0.2) is 35.3 Å². The van der Waals surface area contributed by atoms with Crippen LogP contribution < -0.4 is 4.90 Å². The van der Waals surface area contributed by atoms with Crippen molar-refractivity contribution in [3.05, 3.63) is 17.8 Å². The summed E-state index contributed by atoms with van der Waals surface area (Å²) in [5.41, 5.74) is 0.368. The summed E-state index contributed by atoms with van der Waals surface area (Å²) in [4.78, 5) is 9.49. The number of anilines is 1. The monoisotopic (exact) mass is 227 g/mol. The minimum atomic E-state index is -0.354. The Hall–Kier alpha value is -1.23. The lowest BCUT2D eigenvalue weighted by atomic mass is 10.2. The summed E-state index contributed by atoms with van der Waals surface area (Å²) in [6.07, 6.45) is 4.02. The molecule has 90 valence electrons. The smallest absolute Gasteiger partial charge is 0.186 e. The zero-order valence-corrected chi connectivity index (χ0v) is 9.78. The number of hydrogen-bond donors (Lipinski definition) is 1. The van der Waals surface area contributed by atoms with Gasteiger partial charge in [0, 0.05) is 20.2 Å². The molecule has 0 amide bonds. The van der Waals surface area contributed by atoms with Crippen molar-refractivity contribution in [2.45, 2.75) is 26.2 Å². The molecule has 0 bridgehead atoms. The average molecular weight is 227 g/mol. The molecule has 1 heterocycles. The first kappa shape index (κ1) is 12.8. The Morgan fingerprint density at radius 3 is 2.75 bits per heavy atom. The molecule has 0 spiro atoms. The zero-order valence-electron chi connectivity index (χ0n) is 9.78. The number of aliphatic hydroxyl groups is 1. The van der Waals surface area contributed by atoms with E-state index in [1.807, 2.05) is 7.05 Å². The van der Waals surface area contributed by atoms with E-state index in [2.05, 4.69) is 9.97 Å². The molecular weight excluding hydrogens is 209 g/mol. The molecule has 0 aliphatic rings. The van der Waals surface area contributed by atoms with Gasteiger partial charge in [0.2, 0.25) is 0 Å². The molecule has 5 heteroatoms. The van der Waals surface area contributed by atoms with Gasteiger partial charge < -0.3 is 10.0 Å². The Balaban J connectivity index is 2.52. The van der Waals surface area contributed by atoms with E-state index in [1.54, 1.807) is 11.8 Å². The molecule has 0 radical (unpaired) electrons. The minimum absolute atomic E-state index is 0.213. The Morgan fingerprint density at radius 2 is 2.06 bits per heavy atom. The van der Waals surface area contributed by atoms with Crippen molar-refractivity contribution in [3.8, 4) is 0 Å². The summed E-state index contributed by atoms with van der Waals surface area (Å²) < 4.78 is 13.6. The van der Waals surface area contributed by atoms with Crippen LogP contribution >= 0.6 is 0 Å². The predicted octanol–water partition coefficient (Wildman–Crippen LogP) is 1.52.